The van der Waals surface area contributed by atoms with Gasteiger partial charge in [0.05, 0.1) is 12.7 Å². The van der Waals surface area contributed by atoms with Gasteiger partial charge in [-0.3, -0.25) is 29.0 Å². The molecular weight excluding hydrogens is 727 g/mol. The minimum Gasteiger partial charge on any atom is -0.508 e. The van der Waals surface area contributed by atoms with Gasteiger partial charge in [0, 0.05) is 19.5 Å². The molecule has 0 aromatic heterocycles. The maximum absolute atomic E-state index is 14.6. The first-order valence-corrected chi connectivity index (χ1v) is 18.7. The van der Waals surface area contributed by atoms with E-state index < -0.39 is 67.6 Å². The number of hydrogen-bond acceptors (Lipinski definition) is 12. The summed E-state index contributed by atoms with van der Waals surface area (Å²) in [6.45, 7) is 1.63. The number of hydrogen-bond donors (Lipinski definition) is 9. The fourth-order valence-corrected chi connectivity index (χ4v) is 6.27. The maximum Gasteiger partial charge on any atom is 0.524 e. The predicted octanol–water partition coefficient (Wildman–Crippen LogP) is -0.327. The number of urea groups is 1. The highest BCUT2D eigenvalue weighted by Gasteiger charge is 2.50. The summed E-state index contributed by atoms with van der Waals surface area (Å²) < 4.78 is 15.7. The second-order valence-corrected chi connectivity index (χ2v) is 13.9. The molecule has 1 aliphatic heterocycles. The van der Waals surface area contributed by atoms with Gasteiger partial charge in [0.25, 0.3) is 5.91 Å². The van der Waals surface area contributed by atoms with Crippen molar-refractivity contribution in [2.75, 3.05) is 26.2 Å². The third-order valence-electron chi connectivity index (χ3n) is 8.67. The Morgan fingerprint density at radius 2 is 1.63 bits per heavy atom. The summed E-state index contributed by atoms with van der Waals surface area (Å²) in [6, 6.07) is 9.14. The molecule has 11 N–H and O–H groups in total. The molecule has 19 nitrogen and oxygen atoms in total. The lowest BCUT2D eigenvalue weighted by Crippen LogP contribution is -2.71. The molecule has 1 saturated heterocycles. The molecule has 2 aromatic carbocycles. The van der Waals surface area contributed by atoms with E-state index in [2.05, 4.69) is 20.5 Å². The van der Waals surface area contributed by atoms with E-state index >= 15 is 0 Å². The van der Waals surface area contributed by atoms with Crippen molar-refractivity contribution in [3.63, 3.8) is 0 Å². The number of carbonyl (C=O) groups excluding carboxylic acids is 5. The lowest BCUT2D eigenvalue weighted by molar-refractivity contribution is -0.160. The zero-order chi connectivity index (χ0) is 40.1. The minimum atomic E-state index is -4.81. The molecule has 1 aliphatic rings. The van der Waals surface area contributed by atoms with Gasteiger partial charge in [-0.15, -0.1) is 0 Å². The van der Waals surface area contributed by atoms with E-state index in [0.717, 1.165) is 5.01 Å². The number of aliphatic hydroxyl groups excluding tert-OH is 1. The number of phenolic OH excluding ortho intramolecular Hbond substituents is 1. The Bertz CT molecular complexity index is 1720. The highest BCUT2D eigenvalue weighted by atomic mass is 31.2. The van der Waals surface area contributed by atoms with Crippen molar-refractivity contribution < 1.29 is 53.1 Å². The van der Waals surface area contributed by atoms with Crippen LogP contribution >= 0.6 is 7.82 Å². The van der Waals surface area contributed by atoms with Gasteiger partial charge < -0.3 is 42.2 Å². The normalized spacial score (nSPS) is 17.8. The number of nitrogens with zero attached hydrogens (tertiary/aromatic N) is 3. The zero-order valence-electron chi connectivity index (χ0n) is 29.7. The van der Waals surface area contributed by atoms with Gasteiger partial charge in [-0.1, -0.05) is 31.2 Å². The third-order valence-corrected chi connectivity index (χ3v) is 9.12. The fraction of sp³-hybridized carbons (Fsp3) is 0.471. The second kappa shape index (κ2) is 19.8. The molecule has 20 heteroatoms. The molecule has 0 bridgehead atoms. The van der Waals surface area contributed by atoms with Gasteiger partial charge in [0.15, 0.2) is 0 Å². The summed E-state index contributed by atoms with van der Waals surface area (Å²) in [5, 5.41) is 39.2. The molecule has 0 spiro atoms. The quantitative estimate of drug-likeness (QED) is 0.0653. The Morgan fingerprint density at radius 1 is 1.00 bits per heavy atom. The van der Waals surface area contributed by atoms with Crippen LogP contribution in [0.5, 0.6) is 11.5 Å². The molecule has 1 heterocycles. The number of nitriles is 1. The summed E-state index contributed by atoms with van der Waals surface area (Å²) in [5.41, 5.74) is 10.3. The van der Waals surface area contributed by atoms with E-state index in [1.165, 1.54) is 53.5 Å². The van der Waals surface area contributed by atoms with Crippen molar-refractivity contribution in [2.24, 2.45) is 17.4 Å². The smallest absolute Gasteiger partial charge is 0.508 e. The average molecular weight is 775 g/mol. The number of aliphatic hydroxyl groups is 1. The summed E-state index contributed by atoms with van der Waals surface area (Å²) >= 11 is 0. The largest absolute Gasteiger partial charge is 0.524 e. The van der Waals surface area contributed by atoms with Crippen molar-refractivity contribution >= 4 is 37.5 Å². The molecule has 0 aliphatic carbocycles. The topological polar surface area (TPSA) is 311 Å². The van der Waals surface area contributed by atoms with Gasteiger partial charge in [0.1, 0.15) is 35.0 Å². The number of unbranched alkanes of at least 4 members (excludes halogenated alkanes) is 1. The van der Waals surface area contributed by atoms with Crippen LogP contribution in [0.25, 0.3) is 0 Å². The molecule has 1 fully saturated rings. The molecule has 3 rings (SSSR count). The van der Waals surface area contributed by atoms with E-state index in [1.807, 2.05) is 13.0 Å². The molecule has 0 saturated carbocycles. The van der Waals surface area contributed by atoms with Gasteiger partial charge >= 0.3 is 13.9 Å². The van der Waals surface area contributed by atoms with Crippen molar-refractivity contribution in [2.45, 2.75) is 69.5 Å². The second-order valence-electron chi connectivity index (χ2n) is 12.8. The number of rotatable bonds is 19. The van der Waals surface area contributed by atoms with E-state index in [4.69, 9.17) is 21.3 Å². The third kappa shape index (κ3) is 12.2. The Kier molecular flexibility index (Phi) is 15.9. The van der Waals surface area contributed by atoms with E-state index in [1.54, 1.807) is 0 Å². The lowest BCUT2D eigenvalue weighted by atomic mass is 9.84. The Hall–Kier alpha value is -5.09. The first-order chi connectivity index (χ1) is 25.6. The average Bonchev–Trinajstić information content (AvgIpc) is 3.11. The van der Waals surface area contributed by atoms with Crippen LogP contribution in [0.3, 0.4) is 0 Å². The van der Waals surface area contributed by atoms with Gasteiger partial charge in [0.2, 0.25) is 17.7 Å². The number of phosphoric ester groups is 1. The van der Waals surface area contributed by atoms with Gasteiger partial charge in [-0.05, 0) is 80.5 Å². The number of aromatic hydroxyl groups is 1. The van der Waals surface area contributed by atoms with Crippen LogP contribution in [0.1, 0.15) is 50.2 Å². The molecule has 6 amide bonds. The van der Waals surface area contributed by atoms with Crippen molar-refractivity contribution in [3.05, 3.63) is 59.7 Å². The van der Waals surface area contributed by atoms with Crippen LogP contribution in [-0.4, -0.2) is 104 Å². The molecule has 0 radical (unpaired) electrons. The van der Waals surface area contributed by atoms with Crippen molar-refractivity contribution in [3.8, 4) is 17.6 Å². The van der Waals surface area contributed by atoms with Crippen molar-refractivity contribution in [1.82, 2.24) is 26.0 Å². The van der Waals surface area contributed by atoms with Gasteiger partial charge in [-0.25, -0.2) is 14.4 Å². The first kappa shape index (κ1) is 43.3. The number of imide groups is 1. The lowest BCUT2D eigenvalue weighted by Gasteiger charge is -2.47. The van der Waals surface area contributed by atoms with Crippen LogP contribution in [0.2, 0.25) is 0 Å². The SMILES string of the molecule is CCCN1CCC(CCCCN)(NC(=O)[C@@H](C#N)Cc2ccc(OP(=O)(O)O)cc2)C(=O)N1C(=O)N[C@@H](Cc1ccc(O)cc1)C(=O)NC(CO)C(N)=O. The number of amides is 6. The molecule has 54 heavy (non-hydrogen) atoms. The van der Waals surface area contributed by atoms with Gasteiger partial charge in [-0.2, -0.15) is 10.3 Å². The van der Waals surface area contributed by atoms with Crippen LogP contribution in [0.4, 0.5) is 4.79 Å². The summed E-state index contributed by atoms with van der Waals surface area (Å²) in [4.78, 5) is 85.8. The number of carbonyl (C=O) groups is 5. The van der Waals surface area contributed by atoms with Crippen LogP contribution in [0, 0.1) is 17.2 Å². The van der Waals surface area contributed by atoms with E-state index in [0.29, 0.717) is 30.4 Å². The predicted molar refractivity (Wildman–Crippen MR) is 191 cm³/mol. The number of phenols is 1. The number of hydrazine groups is 1. The number of benzene rings is 2. The Morgan fingerprint density at radius 3 is 2.19 bits per heavy atom. The minimum absolute atomic E-state index is 0.0516. The van der Waals surface area contributed by atoms with Crippen LogP contribution < -0.4 is 31.9 Å². The Balaban J connectivity index is 1.94. The van der Waals surface area contributed by atoms with Crippen LogP contribution in [-0.2, 0) is 36.6 Å². The van der Waals surface area contributed by atoms with Crippen LogP contribution in [0.15, 0.2) is 48.5 Å². The summed E-state index contributed by atoms with van der Waals surface area (Å²) in [5.74, 6) is -5.06. The molecule has 2 aromatic rings. The maximum atomic E-state index is 14.6. The fourth-order valence-electron chi connectivity index (χ4n) is 5.88. The summed E-state index contributed by atoms with van der Waals surface area (Å²) in [6.07, 6.45) is 1.16. The molecule has 4 atom stereocenters. The monoisotopic (exact) mass is 774 g/mol. The molecular formula is C34H47N8O11P. The highest BCUT2D eigenvalue weighted by molar-refractivity contribution is 7.46. The zero-order valence-corrected chi connectivity index (χ0v) is 30.6. The molecule has 2 unspecified atom stereocenters. The first-order valence-electron chi connectivity index (χ1n) is 17.2. The number of nitrogens with one attached hydrogen (secondary N) is 3. The highest BCUT2D eigenvalue weighted by Crippen LogP contribution is 2.37. The van der Waals surface area contributed by atoms with Crippen molar-refractivity contribution in [1.29, 1.82) is 5.26 Å². The number of phosphoric acid groups is 1. The standard InChI is InChI=1S/C34H47N8O11P/c1-2-16-41-17-14-34(13-3-4-15-35,40-30(46)24(20-36)18-22-7-11-26(12-8-22)53-54(50,51)52)32(48)42(41)33(49)39-27(19-23-5-9-25(44)10-6-23)31(47)38-28(21-43)29(37)45/h5-12,24,27-28,43-44H,2-4,13-19,21,35H2,1H3,(H2,37,45)(H,38,47)(H,39,49)(H,40,46)(H2,50,51,52)/t24-,27+,28?,34?/m1/s1. The number of nitrogens with two attached hydrogens (primary N) is 2. The molecule has 294 valence electrons. The van der Waals surface area contributed by atoms with E-state index in [9.17, 15) is 44.0 Å². The van der Waals surface area contributed by atoms with E-state index in [-0.39, 0.29) is 56.8 Å². The Labute approximate surface area is 311 Å². The summed E-state index contributed by atoms with van der Waals surface area (Å²) in [7, 11) is -4.81. The number of primary amides is 1.